The first-order valence-corrected chi connectivity index (χ1v) is 45.9. The molecule has 6 heterocycles. The van der Waals surface area contributed by atoms with Crippen molar-refractivity contribution in [3.05, 3.63) is 45.5 Å². The normalized spacial score (nSPS) is 29.9. The number of rotatable bonds is 17. The molecule has 9 aliphatic rings. The number of carbonyl (C=O) groups excluding carboxylic acids is 4. The van der Waals surface area contributed by atoms with Gasteiger partial charge in [0, 0.05) is 81.3 Å². The van der Waals surface area contributed by atoms with Crippen LogP contribution in [-0.4, -0.2) is 180 Å². The highest BCUT2D eigenvalue weighted by molar-refractivity contribution is 7.78. The van der Waals surface area contributed by atoms with E-state index in [4.69, 9.17) is 49.9 Å². The molecule has 2 amide bonds. The third-order valence-electron chi connectivity index (χ3n) is 23.0. The number of halogens is 1. The highest BCUT2D eigenvalue weighted by Crippen LogP contribution is 2.64. The lowest BCUT2D eigenvalue weighted by Crippen LogP contribution is -2.47. The molecule has 2 aromatic rings. The Bertz CT molecular complexity index is 3390. The summed E-state index contributed by atoms with van der Waals surface area (Å²) in [6.07, 6.45) is 27.4. The number of carbonyl (C=O) groups is 4. The largest absolute Gasteiger partial charge is 0.466 e. The van der Waals surface area contributed by atoms with Gasteiger partial charge in [0.2, 0.25) is 19.5 Å². The minimum absolute atomic E-state index is 0. The van der Waals surface area contributed by atoms with Gasteiger partial charge in [-0.15, -0.1) is 0 Å². The van der Waals surface area contributed by atoms with Crippen LogP contribution < -0.4 is 27.7 Å². The fourth-order valence-electron chi connectivity index (χ4n) is 16.3. The van der Waals surface area contributed by atoms with Gasteiger partial charge in [0.05, 0.1) is 65.4 Å². The predicted molar refractivity (Wildman–Crippen MR) is 556 cm³/mol. The van der Waals surface area contributed by atoms with Crippen molar-refractivity contribution < 1.29 is 77.2 Å². The molecule has 4 saturated heterocycles. The molecule has 9 fully saturated rings. The maximum atomic E-state index is 12.7. The minimum Gasteiger partial charge on any atom is -0.466 e. The average molecular weight is 2010 g/mol. The second-order valence-electron chi connectivity index (χ2n) is 35.9. The summed E-state index contributed by atoms with van der Waals surface area (Å²) in [4.78, 5) is 77.6. The van der Waals surface area contributed by atoms with Crippen LogP contribution in [0.4, 0.5) is 11.6 Å². The molecular weight excluding hydrogens is 1840 g/mol. The smallest absolute Gasteiger partial charge is 0.351 e. The molecule has 0 radical (unpaired) electrons. The Labute approximate surface area is 822 Å². The lowest BCUT2D eigenvalue weighted by Gasteiger charge is -2.38. The summed E-state index contributed by atoms with van der Waals surface area (Å²) in [5, 5.41) is 51.9. The third kappa shape index (κ3) is 43.6. The van der Waals surface area contributed by atoms with Gasteiger partial charge in [0.25, 0.3) is 8.53 Å². The Morgan fingerprint density at radius 1 is 0.581 bits per heavy atom. The molecule has 0 spiro atoms. The van der Waals surface area contributed by atoms with E-state index >= 15 is 0 Å². The first-order chi connectivity index (χ1) is 53.2. The lowest BCUT2D eigenvalue weighted by atomic mass is 9.73. The van der Waals surface area contributed by atoms with Crippen LogP contribution in [0.5, 0.6) is 0 Å². The van der Waals surface area contributed by atoms with E-state index in [1.165, 1.54) is 92.9 Å². The summed E-state index contributed by atoms with van der Waals surface area (Å²) >= 11 is 6.31. The lowest BCUT2D eigenvalue weighted by molar-refractivity contribution is -0.159. The number of hydrogen-bond acceptors (Lipinski definition) is 23. The molecule has 6 unspecified atom stereocenters. The van der Waals surface area contributed by atoms with Crippen LogP contribution in [0.25, 0.3) is 0 Å². The molecular formula is C84H172ClN9O18P2S10. The van der Waals surface area contributed by atoms with Gasteiger partial charge in [0.1, 0.15) is 29.7 Å². The van der Waals surface area contributed by atoms with Crippen LogP contribution in [0.3, 0.4) is 0 Å². The number of aliphatic hydroxyl groups is 5. The van der Waals surface area contributed by atoms with Gasteiger partial charge in [0.15, 0.2) is 0 Å². The average Bonchev–Trinajstić information content (AvgIpc) is 1.60. The molecule has 5 aliphatic carbocycles. The number of amides is 2. The van der Waals surface area contributed by atoms with Crippen molar-refractivity contribution in [2.45, 2.75) is 420 Å². The second-order valence-corrected chi connectivity index (χ2v) is 39.2. The van der Waals surface area contributed by atoms with Gasteiger partial charge in [-0.05, 0) is 215 Å². The standard InChI is InChI=1S/C24H39N4O5P.C14H21N3O4.C13H24O3.C11H22O.C10H19ClNOP.C7H15NO.C4H8O2.CH4O.10H2S/c1-7-17-18(32-34-28(16(4)5)19-10-8-9-12-24(19,6)33-34)14-21(31-17)27-13-11-20(26-23(27)30)25-22(29)15(2)3;1-4-10-9(18)7-12(21-10)17-6-5-11(16-14(17)20)15-13(19)8(2)3;1-12(2,3)16-11(14)9-10-7-5-6-8-13(10,4)15;1-9(2)8-10-6-4-5-7-11(10,3)12;1-8(2)12-9-6-4-5-7-10(9,3)13-14(12)11;1-7(9)5-3-2-4-6(7)8;1-3-6-4(2)5;1-2;;;;;;;;;;/h11,13,15-19,21H,7-10,12,14H2,1-6H3,(H,25,26,29,30);5-6,8-10,12,18H,4,7H2,1-3H3,(H,15,16,19,20);10,15H,5-9H2,1-4H3;9-10,12H,4-8H2,1-3H3;8-9H,4-7H2,1-3H3;6,9H,2-5,8H2,1H3;3H2,1-2H3;2H,1H3;10*1H2/t17?,18?,19-,21?,24-,34?;9?,10-,12-;10-,13+;10-,11+;9-,10-,14?;6-,7-;;;;;;;;;;;;/m011100............/s1. The van der Waals surface area contributed by atoms with Gasteiger partial charge in [-0.25, -0.2) is 18.9 Å². The van der Waals surface area contributed by atoms with Gasteiger partial charge >= 0.3 is 23.3 Å². The van der Waals surface area contributed by atoms with Crippen molar-refractivity contribution in [2.75, 3.05) is 24.4 Å². The first kappa shape index (κ1) is 137. The molecule has 2 aromatic heterocycles. The minimum atomic E-state index is -1.20. The summed E-state index contributed by atoms with van der Waals surface area (Å²) in [5.41, 5.74) is 2.49. The van der Waals surface area contributed by atoms with Crippen LogP contribution in [0.15, 0.2) is 34.1 Å². The summed E-state index contributed by atoms with van der Waals surface area (Å²) in [6.45, 7) is 43.8. The van der Waals surface area contributed by atoms with Crippen LogP contribution in [-0.2, 0) is 51.7 Å². The molecule has 27 nitrogen and oxygen atoms in total. The maximum Gasteiger partial charge on any atom is 0.351 e. The maximum absolute atomic E-state index is 12.7. The molecule has 40 heteroatoms. The van der Waals surface area contributed by atoms with E-state index in [0.717, 1.165) is 83.7 Å². The number of nitrogens with one attached hydrogen (secondary N) is 2. The number of esters is 2. The highest BCUT2D eigenvalue weighted by Gasteiger charge is 2.56. The van der Waals surface area contributed by atoms with E-state index in [9.17, 15) is 49.2 Å². The summed E-state index contributed by atoms with van der Waals surface area (Å²) < 4.78 is 48.5. The molecule has 0 bridgehead atoms. The van der Waals surface area contributed by atoms with E-state index in [2.05, 4.69) is 97.0 Å². The highest BCUT2D eigenvalue weighted by atomic mass is 35.7. The molecule has 4 aliphatic heterocycles. The Morgan fingerprint density at radius 2 is 0.976 bits per heavy atom. The fourth-order valence-corrected chi connectivity index (χ4v) is 21.4. The Morgan fingerprint density at radius 3 is 1.33 bits per heavy atom. The number of aliphatic hydroxyl groups excluding tert-OH is 2. The Hall–Kier alpha value is -0.230. The van der Waals surface area contributed by atoms with Gasteiger partial charge < -0.3 is 74.4 Å². The van der Waals surface area contributed by atoms with Gasteiger partial charge in [-0.3, -0.25) is 28.3 Å². The van der Waals surface area contributed by atoms with E-state index in [0.29, 0.717) is 62.4 Å². The molecule has 738 valence electrons. The predicted octanol–water partition coefficient (Wildman–Crippen LogP) is 17.0. The Kier molecular flexibility index (Phi) is 71.4. The number of nitrogens with zero attached hydrogens (tertiary/aromatic N) is 6. The molecule has 124 heavy (non-hydrogen) atoms. The SMILES string of the molecule is CC(C)(C)OC(=O)C[C@H]1CCCC[C@]1(C)O.CC(C)C[C@H]1CCCC[C@]1(C)O.CC(C)N1[C@H]2CCCC[C@]2(C)OP1Cl.CCC1OC(n2ccc(NC(=O)C(C)C)nc2=O)CC1OP1O[C@@]2(C)CCCC[C@@H]2N1C(C)C.CCOC(C)=O.CC[C@H]1O[C@@H](n2ccc(NC(=O)C(C)C)nc2=O)CC1O.CO.C[C@]1(O)CCCC[C@@H]1N.S.S.S.S.S.S.S.S.S.S. The number of fused-ring (bicyclic) bond motifs is 2. The van der Waals surface area contributed by atoms with Crippen molar-refractivity contribution in [1.29, 1.82) is 0 Å². The number of aromatic nitrogens is 4. The van der Waals surface area contributed by atoms with Crippen LogP contribution in [0.2, 0.25) is 0 Å². The van der Waals surface area contributed by atoms with Gasteiger partial charge in [-0.2, -0.15) is 145 Å². The quantitative estimate of drug-likeness (QED) is 0.0539. The number of hydrogen-bond donors (Lipinski definition) is 8. The monoisotopic (exact) mass is 2010 g/mol. The summed E-state index contributed by atoms with van der Waals surface area (Å²) in [5.74, 6) is 0.640. The molecule has 0 aromatic carbocycles. The topological polar surface area (TPSA) is 360 Å². The number of ether oxygens (including phenoxy) is 4. The zero-order valence-electron chi connectivity index (χ0n) is 78.7. The second kappa shape index (κ2) is 64.7. The van der Waals surface area contributed by atoms with E-state index in [-0.39, 0.29) is 229 Å². The molecule has 11 rings (SSSR count). The van der Waals surface area contributed by atoms with Crippen molar-refractivity contribution >= 4 is 198 Å². The van der Waals surface area contributed by atoms with Crippen LogP contribution >= 0.6 is 162 Å². The summed E-state index contributed by atoms with van der Waals surface area (Å²) in [6, 6.07) is 4.96. The zero-order chi connectivity index (χ0) is 86.0. The molecule has 5 saturated carbocycles. The van der Waals surface area contributed by atoms with Crippen molar-refractivity contribution in [1.82, 2.24) is 28.4 Å². The fraction of sp³-hybridized carbons (Fsp3) is 0.857. The summed E-state index contributed by atoms with van der Waals surface area (Å²) in [7, 11) is -1.07. The molecule has 9 N–H and O–H groups in total. The van der Waals surface area contributed by atoms with Crippen molar-refractivity contribution in [2.24, 2.45) is 35.3 Å². The van der Waals surface area contributed by atoms with E-state index in [1.54, 1.807) is 52.9 Å². The van der Waals surface area contributed by atoms with Crippen molar-refractivity contribution in [3.63, 3.8) is 0 Å². The first-order valence-electron chi connectivity index (χ1n) is 42.6. The van der Waals surface area contributed by atoms with Crippen LogP contribution in [0.1, 0.15) is 332 Å². The van der Waals surface area contributed by atoms with E-state index < -0.39 is 62.9 Å². The molecule has 18 atom stereocenters. The van der Waals surface area contributed by atoms with Gasteiger partial charge in [-0.1, -0.05) is 120 Å². The number of anilines is 2. The third-order valence-corrected chi connectivity index (χ3v) is 27.6. The van der Waals surface area contributed by atoms with Crippen LogP contribution in [0, 0.1) is 29.6 Å². The number of nitrogens with two attached hydrogens (primary N) is 1. The van der Waals surface area contributed by atoms with E-state index in [1.807, 2.05) is 48.5 Å². The Balaban J connectivity index is -0.000000268. The van der Waals surface area contributed by atoms with Crippen molar-refractivity contribution in [3.8, 4) is 0 Å². The zero-order valence-corrected chi connectivity index (χ0v) is 91.3.